The summed E-state index contributed by atoms with van der Waals surface area (Å²) in [4.78, 5) is 3.75. The Hall–Kier alpha value is -1.45. The van der Waals surface area contributed by atoms with Gasteiger partial charge in [0.1, 0.15) is 11.0 Å². The van der Waals surface area contributed by atoms with Gasteiger partial charge in [-0.1, -0.05) is 19.8 Å². The molecular weight excluding hydrogens is 274 g/mol. The van der Waals surface area contributed by atoms with Crippen molar-refractivity contribution in [2.24, 2.45) is 11.8 Å². The van der Waals surface area contributed by atoms with Crippen LogP contribution in [0.5, 0.6) is 0 Å². The highest BCUT2D eigenvalue weighted by molar-refractivity contribution is 7.89. The number of pyridine rings is 1. The van der Waals surface area contributed by atoms with E-state index in [1.54, 1.807) is 0 Å². The van der Waals surface area contributed by atoms with E-state index in [1.165, 1.54) is 18.3 Å². The number of hydrogen-bond donors (Lipinski definition) is 1. The molecule has 0 atom stereocenters. The number of sulfonamides is 1. The summed E-state index contributed by atoms with van der Waals surface area (Å²) in [7, 11) is -3.65. The standard InChI is InChI=1S/C14H19N3O2S/c1-11-4-6-12(7-5-11)10-17-20(18,19)14-3-2-8-16-13(14)9-15/h2-3,8,11-12,17H,4-7,10H2,1H3. The fraction of sp³-hybridized carbons (Fsp3) is 0.571. The first-order valence-corrected chi connectivity index (χ1v) is 8.36. The van der Waals surface area contributed by atoms with Crippen LogP contribution in [-0.4, -0.2) is 19.9 Å². The average Bonchev–Trinajstić information content (AvgIpc) is 2.46. The van der Waals surface area contributed by atoms with Crippen LogP contribution in [0.1, 0.15) is 38.3 Å². The quantitative estimate of drug-likeness (QED) is 0.921. The topological polar surface area (TPSA) is 82.8 Å². The lowest BCUT2D eigenvalue weighted by Gasteiger charge is -2.26. The van der Waals surface area contributed by atoms with Crippen molar-refractivity contribution in [3.05, 3.63) is 24.0 Å². The SMILES string of the molecule is CC1CCC(CNS(=O)(=O)c2cccnc2C#N)CC1. The van der Waals surface area contributed by atoms with E-state index in [9.17, 15) is 8.42 Å². The predicted octanol–water partition coefficient (Wildman–Crippen LogP) is 2.06. The van der Waals surface area contributed by atoms with E-state index in [1.807, 2.05) is 6.07 Å². The van der Waals surface area contributed by atoms with Crippen molar-refractivity contribution in [1.29, 1.82) is 5.26 Å². The Labute approximate surface area is 120 Å². The first-order valence-electron chi connectivity index (χ1n) is 6.87. The monoisotopic (exact) mass is 293 g/mol. The van der Waals surface area contributed by atoms with Gasteiger partial charge < -0.3 is 0 Å². The van der Waals surface area contributed by atoms with Crippen LogP contribution in [0.3, 0.4) is 0 Å². The maximum absolute atomic E-state index is 12.2. The van der Waals surface area contributed by atoms with Gasteiger partial charge in [-0.3, -0.25) is 0 Å². The van der Waals surface area contributed by atoms with Crippen molar-refractivity contribution in [2.75, 3.05) is 6.54 Å². The summed E-state index contributed by atoms with van der Waals surface area (Å²) in [6, 6.07) is 4.75. The molecule has 108 valence electrons. The second-order valence-corrected chi connectivity index (χ2v) is 7.18. The van der Waals surface area contributed by atoms with Gasteiger partial charge >= 0.3 is 0 Å². The Balaban J connectivity index is 2.03. The van der Waals surface area contributed by atoms with Crippen molar-refractivity contribution in [3.63, 3.8) is 0 Å². The van der Waals surface area contributed by atoms with E-state index in [0.717, 1.165) is 31.6 Å². The van der Waals surface area contributed by atoms with Gasteiger partial charge in [-0.15, -0.1) is 0 Å². The smallest absolute Gasteiger partial charge is 0.243 e. The van der Waals surface area contributed by atoms with Gasteiger partial charge in [0, 0.05) is 12.7 Å². The van der Waals surface area contributed by atoms with Gasteiger partial charge in [-0.25, -0.2) is 18.1 Å². The van der Waals surface area contributed by atoms with Gasteiger partial charge in [-0.2, -0.15) is 5.26 Å². The molecule has 6 heteroatoms. The molecule has 1 aliphatic carbocycles. The third kappa shape index (κ3) is 3.56. The highest BCUT2D eigenvalue weighted by Gasteiger charge is 2.23. The third-order valence-corrected chi connectivity index (χ3v) is 5.32. The zero-order chi connectivity index (χ0) is 14.6. The van der Waals surface area contributed by atoms with Crippen LogP contribution in [0.25, 0.3) is 0 Å². The van der Waals surface area contributed by atoms with Gasteiger partial charge in [0.15, 0.2) is 5.69 Å². The molecule has 0 aromatic carbocycles. The van der Waals surface area contributed by atoms with E-state index in [2.05, 4.69) is 16.6 Å². The molecule has 2 rings (SSSR count). The normalized spacial score (nSPS) is 23.2. The van der Waals surface area contributed by atoms with Crippen LogP contribution < -0.4 is 4.72 Å². The average molecular weight is 293 g/mol. The van der Waals surface area contributed by atoms with Gasteiger partial charge in [0.05, 0.1) is 0 Å². The zero-order valence-corrected chi connectivity index (χ0v) is 12.4. The maximum Gasteiger partial charge on any atom is 0.243 e. The summed E-state index contributed by atoms with van der Waals surface area (Å²) in [5.74, 6) is 1.13. The molecule has 5 nitrogen and oxygen atoms in total. The molecule has 0 aliphatic heterocycles. The van der Waals surface area contributed by atoms with Crippen molar-refractivity contribution >= 4 is 10.0 Å². The van der Waals surface area contributed by atoms with E-state index < -0.39 is 10.0 Å². The van der Waals surface area contributed by atoms with Crippen LogP contribution in [0.15, 0.2) is 23.2 Å². The lowest BCUT2D eigenvalue weighted by Crippen LogP contribution is -2.31. The van der Waals surface area contributed by atoms with E-state index in [-0.39, 0.29) is 10.6 Å². The maximum atomic E-state index is 12.2. The number of nitrogens with one attached hydrogen (secondary N) is 1. The first-order chi connectivity index (χ1) is 9.53. The highest BCUT2D eigenvalue weighted by atomic mass is 32.2. The molecule has 0 saturated heterocycles. The Morgan fingerprint density at radius 3 is 2.75 bits per heavy atom. The summed E-state index contributed by atoms with van der Waals surface area (Å²) < 4.78 is 27.0. The third-order valence-electron chi connectivity index (χ3n) is 3.86. The Kier molecular flexibility index (Phi) is 4.73. The molecule has 0 unspecified atom stereocenters. The molecule has 0 spiro atoms. The number of aromatic nitrogens is 1. The minimum absolute atomic E-state index is 0.0355. The second kappa shape index (κ2) is 6.33. The summed E-state index contributed by atoms with van der Waals surface area (Å²) in [6.45, 7) is 2.67. The van der Waals surface area contributed by atoms with Crippen LogP contribution in [0, 0.1) is 23.2 Å². The van der Waals surface area contributed by atoms with Crippen molar-refractivity contribution in [2.45, 2.75) is 37.5 Å². The molecule has 1 fully saturated rings. The van der Waals surface area contributed by atoms with Crippen molar-refractivity contribution < 1.29 is 8.42 Å². The minimum atomic E-state index is -3.65. The number of nitriles is 1. The van der Waals surface area contributed by atoms with Gasteiger partial charge in [-0.05, 0) is 36.8 Å². The Morgan fingerprint density at radius 1 is 1.40 bits per heavy atom. The van der Waals surface area contributed by atoms with Crippen molar-refractivity contribution in [3.8, 4) is 6.07 Å². The van der Waals surface area contributed by atoms with Crippen LogP contribution in [0.4, 0.5) is 0 Å². The second-order valence-electron chi connectivity index (χ2n) is 5.44. The van der Waals surface area contributed by atoms with E-state index in [4.69, 9.17) is 5.26 Å². The molecule has 1 aromatic heterocycles. The first kappa shape index (κ1) is 14.9. The number of hydrogen-bond acceptors (Lipinski definition) is 4. The summed E-state index contributed by atoms with van der Waals surface area (Å²) in [6.07, 6.45) is 5.84. The molecule has 1 N–H and O–H groups in total. The molecule has 1 saturated carbocycles. The van der Waals surface area contributed by atoms with Crippen molar-refractivity contribution in [1.82, 2.24) is 9.71 Å². The molecule has 0 amide bonds. The molecular formula is C14H19N3O2S. The fourth-order valence-corrected chi connectivity index (χ4v) is 3.75. The largest absolute Gasteiger partial charge is 0.244 e. The summed E-state index contributed by atoms with van der Waals surface area (Å²) >= 11 is 0. The zero-order valence-electron chi connectivity index (χ0n) is 11.5. The Morgan fingerprint density at radius 2 is 2.10 bits per heavy atom. The molecule has 1 aliphatic rings. The lowest BCUT2D eigenvalue weighted by atomic mass is 9.83. The molecule has 1 heterocycles. The van der Waals surface area contributed by atoms with E-state index in [0.29, 0.717) is 12.5 Å². The molecule has 0 radical (unpaired) electrons. The lowest BCUT2D eigenvalue weighted by molar-refractivity contribution is 0.290. The number of nitrogens with zero attached hydrogens (tertiary/aromatic N) is 2. The summed E-state index contributed by atoms with van der Waals surface area (Å²) in [5, 5.41) is 8.92. The molecule has 1 aromatic rings. The van der Waals surface area contributed by atoms with Crippen LogP contribution >= 0.6 is 0 Å². The Bertz CT molecular complexity index is 599. The molecule has 0 bridgehead atoms. The van der Waals surface area contributed by atoms with Gasteiger partial charge in [0.2, 0.25) is 10.0 Å². The van der Waals surface area contributed by atoms with Crippen LogP contribution in [0.2, 0.25) is 0 Å². The van der Waals surface area contributed by atoms with E-state index >= 15 is 0 Å². The van der Waals surface area contributed by atoms with Gasteiger partial charge in [0.25, 0.3) is 0 Å². The minimum Gasteiger partial charge on any atom is -0.244 e. The highest BCUT2D eigenvalue weighted by Crippen LogP contribution is 2.28. The summed E-state index contributed by atoms with van der Waals surface area (Å²) in [5.41, 5.74) is -0.0581. The predicted molar refractivity (Wildman–Crippen MR) is 75.3 cm³/mol. The number of rotatable bonds is 4. The fourth-order valence-electron chi connectivity index (χ4n) is 2.53. The molecule has 20 heavy (non-hydrogen) atoms. The van der Waals surface area contributed by atoms with Crippen LogP contribution in [-0.2, 0) is 10.0 Å².